The van der Waals surface area contributed by atoms with Crippen LogP contribution >= 0.6 is 0 Å². The van der Waals surface area contributed by atoms with E-state index in [0.29, 0.717) is 23.1 Å². The van der Waals surface area contributed by atoms with E-state index in [1.54, 1.807) is 13.0 Å². The monoisotopic (exact) mass is 292 g/mol. The minimum atomic E-state index is -0.904. The Kier molecular flexibility index (Phi) is 4.06. The van der Waals surface area contributed by atoms with E-state index < -0.39 is 11.6 Å². The van der Waals surface area contributed by atoms with E-state index in [1.807, 2.05) is 20.8 Å². The van der Waals surface area contributed by atoms with Crippen molar-refractivity contribution >= 4 is 17.3 Å². The molecule has 6 heteroatoms. The van der Waals surface area contributed by atoms with Crippen LogP contribution in [0.2, 0.25) is 0 Å². The summed E-state index contributed by atoms with van der Waals surface area (Å²) in [5.41, 5.74) is 0.286. The molecule has 0 aliphatic heterocycles. The first-order valence-electron chi connectivity index (χ1n) is 6.59. The van der Waals surface area contributed by atoms with Gasteiger partial charge in [-0.2, -0.15) is 0 Å². The fourth-order valence-corrected chi connectivity index (χ4v) is 1.80. The Bertz CT molecular complexity index is 651. The minimum absolute atomic E-state index is 0.139. The smallest absolute Gasteiger partial charge is 0.160 e. The highest BCUT2D eigenvalue weighted by atomic mass is 19.2. The summed E-state index contributed by atoms with van der Waals surface area (Å²) < 4.78 is 26.1. The fourth-order valence-electron chi connectivity index (χ4n) is 1.80. The Labute approximate surface area is 122 Å². The van der Waals surface area contributed by atoms with Crippen molar-refractivity contribution in [1.29, 1.82) is 0 Å². The van der Waals surface area contributed by atoms with Crippen molar-refractivity contribution in [2.45, 2.75) is 33.2 Å². The van der Waals surface area contributed by atoms with Gasteiger partial charge in [-0.05, 0) is 39.8 Å². The molecule has 0 saturated heterocycles. The Morgan fingerprint density at radius 1 is 0.952 bits per heavy atom. The van der Waals surface area contributed by atoms with Crippen LogP contribution in [0.4, 0.5) is 26.1 Å². The predicted octanol–water partition coefficient (Wildman–Crippen LogP) is 4.02. The van der Waals surface area contributed by atoms with Crippen LogP contribution in [0, 0.1) is 18.6 Å². The number of benzene rings is 1. The maximum atomic E-state index is 13.2. The first-order valence-corrected chi connectivity index (χ1v) is 6.59. The van der Waals surface area contributed by atoms with Crippen molar-refractivity contribution in [3.05, 3.63) is 41.7 Å². The van der Waals surface area contributed by atoms with Gasteiger partial charge in [-0.25, -0.2) is 18.7 Å². The number of hydrogen-bond acceptors (Lipinski definition) is 4. The van der Waals surface area contributed by atoms with Crippen molar-refractivity contribution in [1.82, 2.24) is 9.97 Å². The quantitative estimate of drug-likeness (QED) is 0.897. The predicted molar refractivity (Wildman–Crippen MR) is 79.8 cm³/mol. The summed E-state index contributed by atoms with van der Waals surface area (Å²) in [7, 11) is 0. The fraction of sp³-hybridized carbons (Fsp3) is 0.333. The highest BCUT2D eigenvalue weighted by Crippen LogP contribution is 2.21. The molecule has 1 heterocycles. The molecule has 21 heavy (non-hydrogen) atoms. The lowest BCUT2D eigenvalue weighted by Gasteiger charge is -2.21. The summed E-state index contributed by atoms with van der Waals surface area (Å²) in [4.78, 5) is 8.53. The van der Waals surface area contributed by atoms with Gasteiger partial charge in [-0.1, -0.05) is 0 Å². The molecule has 112 valence electrons. The molecule has 0 unspecified atom stereocenters. The van der Waals surface area contributed by atoms with Crippen LogP contribution in [0.25, 0.3) is 0 Å². The summed E-state index contributed by atoms with van der Waals surface area (Å²) in [6, 6.07) is 5.33. The lowest BCUT2D eigenvalue weighted by Crippen LogP contribution is -2.26. The number of rotatable bonds is 3. The molecule has 0 amide bonds. The molecule has 0 fully saturated rings. The molecule has 0 spiro atoms. The van der Waals surface area contributed by atoms with E-state index in [4.69, 9.17) is 0 Å². The number of hydrogen-bond donors (Lipinski definition) is 2. The largest absolute Gasteiger partial charge is 0.365 e. The van der Waals surface area contributed by atoms with E-state index in [9.17, 15) is 8.78 Å². The molecule has 0 radical (unpaired) electrons. The standard InChI is InChI=1S/C15H18F2N4/c1-9-18-13(8-14(19-9)21-15(2,3)4)20-10-5-6-11(16)12(17)7-10/h5-8H,1-4H3,(H2,18,19,20,21). The van der Waals surface area contributed by atoms with Crippen molar-refractivity contribution < 1.29 is 8.78 Å². The molecule has 0 aliphatic rings. The van der Waals surface area contributed by atoms with Gasteiger partial charge in [-0.15, -0.1) is 0 Å². The van der Waals surface area contributed by atoms with Crippen molar-refractivity contribution in [3.63, 3.8) is 0 Å². The molecule has 1 aromatic carbocycles. The summed E-state index contributed by atoms with van der Waals surface area (Å²) in [5, 5.41) is 6.18. The van der Waals surface area contributed by atoms with E-state index in [0.717, 1.165) is 12.1 Å². The zero-order chi connectivity index (χ0) is 15.6. The Balaban J connectivity index is 2.25. The van der Waals surface area contributed by atoms with Gasteiger partial charge in [0.2, 0.25) is 0 Å². The average molecular weight is 292 g/mol. The third kappa shape index (κ3) is 4.37. The SMILES string of the molecule is Cc1nc(Nc2ccc(F)c(F)c2)cc(NC(C)(C)C)n1. The molecular formula is C15H18F2N4. The molecule has 0 atom stereocenters. The van der Waals surface area contributed by atoms with Gasteiger partial charge < -0.3 is 10.6 Å². The van der Waals surface area contributed by atoms with Crippen molar-refractivity contribution in [2.75, 3.05) is 10.6 Å². The average Bonchev–Trinajstić information content (AvgIpc) is 2.31. The van der Waals surface area contributed by atoms with Gasteiger partial charge in [0.05, 0.1) is 0 Å². The number of anilines is 3. The lowest BCUT2D eigenvalue weighted by molar-refractivity contribution is 0.509. The zero-order valence-electron chi connectivity index (χ0n) is 12.5. The summed E-state index contributed by atoms with van der Waals surface area (Å²) in [6.07, 6.45) is 0. The Morgan fingerprint density at radius 2 is 1.62 bits per heavy atom. The summed E-state index contributed by atoms with van der Waals surface area (Å²) >= 11 is 0. The molecule has 2 N–H and O–H groups in total. The number of halogens is 2. The van der Waals surface area contributed by atoms with Crippen LogP contribution in [0.5, 0.6) is 0 Å². The second-order valence-corrected chi connectivity index (χ2v) is 5.81. The molecule has 4 nitrogen and oxygen atoms in total. The summed E-state index contributed by atoms with van der Waals surface area (Å²) in [6.45, 7) is 7.83. The van der Waals surface area contributed by atoms with Crippen LogP contribution in [-0.2, 0) is 0 Å². The summed E-state index contributed by atoms with van der Waals surface area (Å²) in [5.74, 6) is -0.0250. The number of aromatic nitrogens is 2. The number of nitrogens with one attached hydrogen (secondary N) is 2. The normalized spacial score (nSPS) is 11.3. The molecule has 0 saturated carbocycles. The van der Waals surface area contributed by atoms with Crippen molar-refractivity contribution in [2.24, 2.45) is 0 Å². The zero-order valence-corrected chi connectivity index (χ0v) is 12.5. The minimum Gasteiger partial charge on any atom is -0.365 e. The molecule has 1 aromatic heterocycles. The first-order chi connectivity index (χ1) is 9.73. The van der Waals surface area contributed by atoms with Crippen LogP contribution in [0.1, 0.15) is 26.6 Å². The van der Waals surface area contributed by atoms with Gasteiger partial charge in [-0.3, -0.25) is 0 Å². The van der Waals surface area contributed by atoms with Crippen LogP contribution < -0.4 is 10.6 Å². The number of aryl methyl sites for hydroxylation is 1. The molecule has 2 rings (SSSR count). The van der Waals surface area contributed by atoms with Gasteiger partial charge in [0, 0.05) is 23.4 Å². The maximum Gasteiger partial charge on any atom is 0.160 e. The van der Waals surface area contributed by atoms with Crippen LogP contribution in [0.15, 0.2) is 24.3 Å². The van der Waals surface area contributed by atoms with Crippen LogP contribution in [-0.4, -0.2) is 15.5 Å². The molecule has 2 aromatic rings. The lowest BCUT2D eigenvalue weighted by atomic mass is 10.1. The Hall–Kier alpha value is -2.24. The maximum absolute atomic E-state index is 13.2. The van der Waals surface area contributed by atoms with Gasteiger partial charge in [0.25, 0.3) is 0 Å². The third-order valence-electron chi connectivity index (χ3n) is 2.53. The van der Waals surface area contributed by atoms with Gasteiger partial charge in [0.15, 0.2) is 11.6 Å². The van der Waals surface area contributed by atoms with Crippen LogP contribution in [0.3, 0.4) is 0 Å². The highest BCUT2D eigenvalue weighted by molar-refractivity contribution is 5.59. The van der Waals surface area contributed by atoms with E-state index >= 15 is 0 Å². The number of nitrogens with zero attached hydrogens (tertiary/aromatic N) is 2. The Morgan fingerprint density at radius 3 is 2.24 bits per heavy atom. The third-order valence-corrected chi connectivity index (χ3v) is 2.53. The first kappa shape index (κ1) is 15.2. The van der Waals surface area contributed by atoms with Crippen molar-refractivity contribution in [3.8, 4) is 0 Å². The van der Waals surface area contributed by atoms with E-state index in [2.05, 4.69) is 20.6 Å². The van der Waals surface area contributed by atoms with E-state index in [1.165, 1.54) is 6.07 Å². The second kappa shape index (κ2) is 5.63. The molecule has 0 aliphatic carbocycles. The van der Waals surface area contributed by atoms with Gasteiger partial charge in [0.1, 0.15) is 17.5 Å². The molecular weight excluding hydrogens is 274 g/mol. The van der Waals surface area contributed by atoms with Gasteiger partial charge >= 0.3 is 0 Å². The molecule has 0 bridgehead atoms. The van der Waals surface area contributed by atoms with E-state index in [-0.39, 0.29) is 5.54 Å². The second-order valence-electron chi connectivity index (χ2n) is 5.81. The topological polar surface area (TPSA) is 49.8 Å². The highest BCUT2D eigenvalue weighted by Gasteiger charge is 2.12.